The zero-order chi connectivity index (χ0) is 18.3. The summed E-state index contributed by atoms with van der Waals surface area (Å²) in [7, 11) is 0. The summed E-state index contributed by atoms with van der Waals surface area (Å²) in [6, 6.07) is 4.70. The van der Waals surface area contributed by atoms with Crippen molar-refractivity contribution in [2.45, 2.75) is 51.0 Å². The van der Waals surface area contributed by atoms with E-state index in [4.69, 9.17) is 0 Å². The lowest BCUT2D eigenvalue weighted by Crippen LogP contribution is -2.39. The second-order valence-corrected chi connectivity index (χ2v) is 7.49. The van der Waals surface area contributed by atoms with E-state index in [1.165, 1.54) is 6.07 Å². The molecule has 2 aliphatic heterocycles. The molecule has 6 heteroatoms. The summed E-state index contributed by atoms with van der Waals surface area (Å²) in [4.78, 5) is 19.3. The van der Waals surface area contributed by atoms with Crippen LogP contribution in [-0.2, 0) is 6.54 Å². The molecule has 1 amide bonds. The number of carbonyl (C=O) groups excluding carboxylic acids is 1. The summed E-state index contributed by atoms with van der Waals surface area (Å²) in [5, 5.41) is 9.63. The van der Waals surface area contributed by atoms with Crippen LogP contribution in [0.2, 0.25) is 0 Å². The number of rotatable bonds is 2. The van der Waals surface area contributed by atoms with E-state index in [1.807, 2.05) is 6.20 Å². The van der Waals surface area contributed by atoms with Crippen molar-refractivity contribution < 1.29 is 14.3 Å². The minimum absolute atomic E-state index is 0.0793. The van der Waals surface area contributed by atoms with Gasteiger partial charge in [0, 0.05) is 37.7 Å². The predicted octanol–water partition coefficient (Wildman–Crippen LogP) is 3.64. The van der Waals surface area contributed by atoms with Crippen LogP contribution in [0, 0.1) is 5.82 Å². The summed E-state index contributed by atoms with van der Waals surface area (Å²) < 4.78 is 16.4. The fraction of sp³-hybridized carbons (Fsp3) is 0.500. The SMILES string of the molecule is CC1CCCn2cc(C(=O)N3CCCC(c4cccc(O)c4F)C3)nc21. The molecule has 4 rings (SSSR count). The number of piperidine rings is 1. The van der Waals surface area contributed by atoms with E-state index < -0.39 is 5.82 Å². The molecule has 0 saturated carbocycles. The molecule has 2 aliphatic rings. The first-order valence-electron chi connectivity index (χ1n) is 9.38. The Kier molecular flexibility index (Phi) is 4.42. The predicted molar refractivity (Wildman–Crippen MR) is 95.8 cm³/mol. The maximum absolute atomic E-state index is 14.3. The van der Waals surface area contributed by atoms with Gasteiger partial charge in [0.05, 0.1) is 0 Å². The molecule has 1 aromatic heterocycles. The number of aromatic nitrogens is 2. The van der Waals surface area contributed by atoms with Crippen molar-refractivity contribution >= 4 is 5.91 Å². The third-order valence-corrected chi connectivity index (χ3v) is 5.66. The van der Waals surface area contributed by atoms with E-state index in [9.17, 15) is 14.3 Å². The van der Waals surface area contributed by atoms with E-state index >= 15 is 0 Å². The van der Waals surface area contributed by atoms with E-state index in [1.54, 1.807) is 17.0 Å². The third kappa shape index (κ3) is 2.97. The number of amides is 1. The molecule has 3 heterocycles. The van der Waals surface area contributed by atoms with Gasteiger partial charge in [0.2, 0.25) is 0 Å². The quantitative estimate of drug-likeness (QED) is 0.893. The van der Waals surface area contributed by atoms with Crippen LogP contribution < -0.4 is 0 Å². The van der Waals surface area contributed by atoms with Crippen LogP contribution in [-0.4, -0.2) is 38.6 Å². The highest BCUT2D eigenvalue weighted by Gasteiger charge is 2.30. The number of phenolic OH excluding ortho intramolecular Hbond substituents is 1. The summed E-state index contributed by atoms with van der Waals surface area (Å²) in [6.45, 7) is 4.18. The van der Waals surface area contributed by atoms with Crippen LogP contribution in [0.5, 0.6) is 5.75 Å². The van der Waals surface area contributed by atoms with E-state index in [0.717, 1.165) is 38.1 Å². The number of imidazole rings is 1. The van der Waals surface area contributed by atoms with Crippen LogP contribution in [0.3, 0.4) is 0 Å². The fourth-order valence-electron chi connectivity index (χ4n) is 4.23. The van der Waals surface area contributed by atoms with E-state index in [0.29, 0.717) is 30.3 Å². The average Bonchev–Trinajstić information content (AvgIpc) is 3.09. The molecule has 1 N–H and O–H groups in total. The lowest BCUT2D eigenvalue weighted by Gasteiger charge is -2.32. The Labute approximate surface area is 152 Å². The molecule has 138 valence electrons. The summed E-state index contributed by atoms with van der Waals surface area (Å²) in [5.41, 5.74) is 0.978. The standard InChI is InChI=1S/C20H24FN3O2/c1-13-5-3-9-23-12-16(22-19(13)23)20(26)24-10-4-6-14(11-24)15-7-2-8-17(25)18(15)21/h2,7-8,12-14,25H,3-6,9-11H2,1H3. The van der Waals surface area contributed by atoms with Crippen molar-refractivity contribution in [3.8, 4) is 5.75 Å². The van der Waals surface area contributed by atoms with Gasteiger partial charge in [-0.3, -0.25) is 4.79 Å². The molecule has 5 nitrogen and oxygen atoms in total. The second-order valence-electron chi connectivity index (χ2n) is 7.49. The number of fused-ring (bicyclic) bond motifs is 1. The summed E-state index contributed by atoms with van der Waals surface area (Å²) >= 11 is 0. The lowest BCUT2D eigenvalue weighted by molar-refractivity contribution is 0.0700. The number of hydrogen-bond acceptors (Lipinski definition) is 3. The largest absolute Gasteiger partial charge is 0.505 e. The Morgan fingerprint density at radius 1 is 1.27 bits per heavy atom. The number of aromatic hydroxyl groups is 1. The van der Waals surface area contributed by atoms with Crippen LogP contribution in [0.15, 0.2) is 24.4 Å². The minimum Gasteiger partial charge on any atom is -0.505 e. The molecule has 2 unspecified atom stereocenters. The monoisotopic (exact) mass is 357 g/mol. The number of benzene rings is 1. The van der Waals surface area contributed by atoms with Gasteiger partial charge in [0.1, 0.15) is 11.5 Å². The van der Waals surface area contributed by atoms with Crippen molar-refractivity contribution in [2.24, 2.45) is 0 Å². The van der Waals surface area contributed by atoms with Gasteiger partial charge in [-0.25, -0.2) is 9.37 Å². The molecule has 1 aromatic carbocycles. The fourth-order valence-corrected chi connectivity index (χ4v) is 4.23. The smallest absolute Gasteiger partial charge is 0.274 e. The number of halogens is 1. The van der Waals surface area contributed by atoms with Gasteiger partial charge in [-0.05, 0) is 37.3 Å². The van der Waals surface area contributed by atoms with Gasteiger partial charge in [0.25, 0.3) is 5.91 Å². The number of phenols is 1. The number of nitrogens with zero attached hydrogens (tertiary/aromatic N) is 3. The van der Waals surface area contributed by atoms with E-state index in [-0.39, 0.29) is 17.6 Å². The number of aryl methyl sites for hydroxylation is 1. The summed E-state index contributed by atoms with van der Waals surface area (Å²) in [5.74, 6) is 0.285. The molecule has 0 spiro atoms. The molecular weight excluding hydrogens is 333 g/mol. The van der Waals surface area contributed by atoms with Crippen LogP contribution in [0.1, 0.15) is 66.3 Å². The molecule has 0 radical (unpaired) electrons. The topological polar surface area (TPSA) is 58.4 Å². The normalized spacial score (nSPS) is 22.9. The zero-order valence-corrected chi connectivity index (χ0v) is 15.0. The Morgan fingerprint density at radius 2 is 2.08 bits per heavy atom. The zero-order valence-electron chi connectivity index (χ0n) is 15.0. The minimum atomic E-state index is -0.571. The van der Waals surface area contributed by atoms with Gasteiger partial charge in [-0.2, -0.15) is 0 Å². The molecule has 26 heavy (non-hydrogen) atoms. The van der Waals surface area contributed by atoms with Gasteiger partial charge >= 0.3 is 0 Å². The molecule has 0 aliphatic carbocycles. The number of likely N-dealkylation sites (tertiary alicyclic amines) is 1. The number of carbonyl (C=O) groups is 1. The first-order valence-corrected chi connectivity index (χ1v) is 9.38. The lowest BCUT2D eigenvalue weighted by atomic mass is 9.90. The van der Waals surface area contributed by atoms with Crippen molar-refractivity contribution in [1.82, 2.24) is 14.5 Å². The highest BCUT2D eigenvalue weighted by atomic mass is 19.1. The summed E-state index contributed by atoms with van der Waals surface area (Å²) in [6.07, 6.45) is 5.70. The molecule has 0 bridgehead atoms. The Bertz CT molecular complexity index is 832. The van der Waals surface area contributed by atoms with Gasteiger partial charge < -0.3 is 14.6 Å². The second kappa shape index (κ2) is 6.74. The van der Waals surface area contributed by atoms with Crippen molar-refractivity contribution in [3.05, 3.63) is 47.3 Å². The highest BCUT2D eigenvalue weighted by molar-refractivity contribution is 5.92. The van der Waals surface area contributed by atoms with Crippen LogP contribution >= 0.6 is 0 Å². The maximum atomic E-state index is 14.3. The van der Waals surface area contributed by atoms with Gasteiger partial charge in [-0.15, -0.1) is 0 Å². The number of hydrogen-bond donors (Lipinski definition) is 1. The molecular formula is C20H24FN3O2. The van der Waals surface area contributed by atoms with Crippen LogP contribution in [0.25, 0.3) is 0 Å². The third-order valence-electron chi connectivity index (χ3n) is 5.66. The van der Waals surface area contributed by atoms with Gasteiger partial charge in [-0.1, -0.05) is 19.1 Å². The van der Waals surface area contributed by atoms with Crippen molar-refractivity contribution in [1.29, 1.82) is 0 Å². The average molecular weight is 357 g/mol. The maximum Gasteiger partial charge on any atom is 0.274 e. The Hall–Kier alpha value is -2.37. The molecule has 2 aromatic rings. The first kappa shape index (κ1) is 17.1. The van der Waals surface area contributed by atoms with E-state index in [2.05, 4.69) is 16.5 Å². The van der Waals surface area contributed by atoms with Crippen molar-refractivity contribution in [2.75, 3.05) is 13.1 Å². The van der Waals surface area contributed by atoms with Crippen molar-refractivity contribution in [3.63, 3.8) is 0 Å². The Balaban J connectivity index is 1.54. The van der Waals surface area contributed by atoms with Gasteiger partial charge in [0.15, 0.2) is 11.6 Å². The van der Waals surface area contributed by atoms with Crippen LogP contribution in [0.4, 0.5) is 4.39 Å². The molecule has 1 fully saturated rings. The highest BCUT2D eigenvalue weighted by Crippen LogP contribution is 2.33. The Morgan fingerprint density at radius 3 is 2.88 bits per heavy atom. The molecule has 2 atom stereocenters. The molecule has 1 saturated heterocycles. The first-order chi connectivity index (χ1) is 12.5.